The minimum atomic E-state index is -0.314. The fourth-order valence-corrected chi connectivity index (χ4v) is 2.00. The summed E-state index contributed by atoms with van der Waals surface area (Å²) in [6, 6.07) is 0. The molecule has 1 atom stereocenters. The normalized spacial score (nSPS) is 20.4. The summed E-state index contributed by atoms with van der Waals surface area (Å²) in [5, 5.41) is 12.2. The van der Waals surface area contributed by atoms with Crippen LogP contribution in [-0.4, -0.2) is 61.3 Å². The lowest BCUT2D eigenvalue weighted by Crippen LogP contribution is -2.44. The minimum Gasteiger partial charge on any atom is -0.469 e. The highest BCUT2D eigenvalue weighted by atomic mass is 16.5. The molecular weight excluding hydrogens is 236 g/mol. The first kappa shape index (κ1) is 14.9. The van der Waals surface area contributed by atoms with Crippen LogP contribution < -0.4 is 5.32 Å². The van der Waals surface area contributed by atoms with Crippen LogP contribution in [0.25, 0.3) is 0 Å². The number of amides is 1. The Kier molecular flexibility index (Phi) is 6.67. The van der Waals surface area contributed by atoms with E-state index in [0.717, 1.165) is 19.4 Å². The molecule has 0 aromatic carbocycles. The predicted molar refractivity (Wildman–Crippen MR) is 65.9 cm³/mol. The van der Waals surface area contributed by atoms with E-state index in [-0.39, 0.29) is 18.0 Å². The van der Waals surface area contributed by atoms with E-state index in [0.29, 0.717) is 32.5 Å². The average molecular weight is 258 g/mol. The molecule has 6 heteroatoms. The van der Waals surface area contributed by atoms with Gasteiger partial charge in [-0.1, -0.05) is 0 Å². The molecule has 0 spiro atoms. The Bertz CT molecular complexity index is 283. The van der Waals surface area contributed by atoms with Gasteiger partial charge in [0.1, 0.15) is 0 Å². The van der Waals surface area contributed by atoms with Gasteiger partial charge in [0.25, 0.3) is 0 Å². The Labute approximate surface area is 107 Å². The number of aliphatic hydroxyl groups is 1. The van der Waals surface area contributed by atoms with Crippen molar-refractivity contribution in [2.24, 2.45) is 0 Å². The van der Waals surface area contributed by atoms with Crippen molar-refractivity contribution < 1.29 is 19.4 Å². The van der Waals surface area contributed by atoms with E-state index >= 15 is 0 Å². The molecule has 0 aliphatic carbocycles. The van der Waals surface area contributed by atoms with Gasteiger partial charge in [-0.05, 0) is 25.8 Å². The molecule has 1 aliphatic rings. The van der Waals surface area contributed by atoms with Crippen molar-refractivity contribution in [1.29, 1.82) is 0 Å². The third-order valence-corrected chi connectivity index (χ3v) is 2.96. The van der Waals surface area contributed by atoms with E-state index in [4.69, 9.17) is 0 Å². The summed E-state index contributed by atoms with van der Waals surface area (Å²) in [6.07, 6.45) is 2.33. The monoisotopic (exact) mass is 258 g/mol. The van der Waals surface area contributed by atoms with Gasteiger partial charge in [0.2, 0.25) is 5.91 Å². The molecule has 1 fully saturated rings. The summed E-state index contributed by atoms with van der Waals surface area (Å²) in [7, 11) is 1.35. The van der Waals surface area contributed by atoms with E-state index in [1.54, 1.807) is 0 Å². The Balaban J connectivity index is 2.08. The van der Waals surface area contributed by atoms with E-state index in [9.17, 15) is 14.7 Å². The van der Waals surface area contributed by atoms with Crippen molar-refractivity contribution in [3.63, 3.8) is 0 Å². The largest absolute Gasteiger partial charge is 0.469 e. The number of hydrogen-bond acceptors (Lipinski definition) is 5. The molecule has 2 N–H and O–H groups in total. The second kappa shape index (κ2) is 8.05. The Hall–Kier alpha value is -1.14. The van der Waals surface area contributed by atoms with Gasteiger partial charge in [-0.3, -0.25) is 14.5 Å². The first-order valence-electron chi connectivity index (χ1n) is 6.35. The first-order valence-corrected chi connectivity index (χ1v) is 6.35. The van der Waals surface area contributed by atoms with Crippen molar-refractivity contribution in [2.45, 2.75) is 31.8 Å². The molecule has 0 radical (unpaired) electrons. The molecule has 18 heavy (non-hydrogen) atoms. The molecule has 1 rings (SSSR count). The van der Waals surface area contributed by atoms with Crippen molar-refractivity contribution in [3.05, 3.63) is 0 Å². The van der Waals surface area contributed by atoms with Crippen LogP contribution in [0.1, 0.15) is 25.7 Å². The molecular formula is C12H22N2O4. The maximum Gasteiger partial charge on any atom is 0.305 e. The van der Waals surface area contributed by atoms with Gasteiger partial charge in [-0.2, -0.15) is 0 Å². The molecule has 0 bridgehead atoms. The second-order valence-corrected chi connectivity index (χ2v) is 4.56. The molecule has 1 heterocycles. The first-order chi connectivity index (χ1) is 8.61. The van der Waals surface area contributed by atoms with E-state index in [1.165, 1.54) is 7.11 Å². The molecule has 0 aromatic heterocycles. The van der Waals surface area contributed by atoms with Gasteiger partial charge in [0, 0.05) is 19.5 Å². The van der Waals surface area contributed by atoms with Gasteiger partial charge in [0.05, 0.1) is 19.8 Å². The SMILES string of the molecule is COC(=O)CCCNC(=O)CN1CCC[C@H](O)C1. The lowest BCUT2D eigenvalue weighted by atomic mass is 10.1. The maximum absolute atomic E-state index is 11.6. The number of rotatable bonds is 6. The number of carbonyl (C=O) groups excluding carboxylic acids is 2. The predicted octanol–water partition coefficient (Wildman–Crippen LogP) is -0.487. The molecule has 6 nitrogen and oxygen atoms in total. The van der Waals surface area contributed by atoms with E-state index in [1.807, 2.05) is 4.90 Å². The number of methoxy groups -OCH3 is 1. The summed E-state index contributed by atoms with van der Waals surface area (Å²) in [6.45, 7) is 2.21. The fraction of sp³-hybridized carbons (Fsp3) is 0.833. The van der Waals surface area contributed by atoms with Gasteiger partial charge >= 0.3 is 5.97 Å². The zero-order valence-corrected chi connectivity index (χ0v) is 10.9. The van der Waals surface area contributed by atoms with Crippen LogP contribution in [0.4, 0.5) is 0 Å². The molecule has 0 aromatic rings. The van der Waals surface area contributed by atoms with Crippen molar-refractivity contribution in [2.75, 3.05) is 33.3 Å². The highest BCUT2D eigenvalue weighted by Crippen LogP contribution is 2.08. The summed E-state index contributed by atoms with van der Waals surface area (Å²) < 4.78 is 4.50. The number of hydrogen-bond donors (Lipinski definition) is 2. The maximum atomic E-state index is 11.6. The topological polar surface area (TPSA) is 78.9 Å². The van der Waals surface area contributed by atoms with Gasteiger partial charge in [-0.25, -0.2) is 0 Å². The smallest absolute Gasteiger partial charge is 0.305 e. The highest BCUT2D eigenvalue weighted by Gasteiger charge is 2.19. The standard InChI is InChI=1S/C12H22N2O4/c1-18-12(17)5-2-6-13-11(16)9-14-7-3-4-10(15)8-14/h10,15H,2-9H2,1H3,(H,13,16)/t10-/m0/s1. The number of β-amino-alcohol motifs (C(OH)–C–C–N with tert-alkyl or cyclic N) is 1. The minimum absolute atomic E-state index is 0.0611. The quantitative estimate of drug-likeness (QED) is 0.496. The number of carbonyl (C=O) groups is 2. The molecule has 0 saturated carbocycles. The number of nitrogens with one attached hydrogen (secondary N) is 1. The van der Waals surface area contributed by atoms with Gasteiger partial charge in [-0.15, -0.1) is 0 Å². The van der Waals surface area contributed by atoms with Crippen LogP contribution in [-0.2, 0) is 14.3 Å². The second-order valence-electron chi connectivity index (χ2n) is 4.56. The van der Waals surface area contributed by atoms with E-state index in [2.05, 4.69) is 10.1 Å². The van der Waals surface area contributed by atoms with Crippen molar-refractivity contribution in [1.82, 2.24) is 10.2 Å². The lowest BCUT2D eigenvalue weighted by Gasteiger charge is -2.29. The molecule has 0 unspecified atom stereocenters. The summed E-state index contributed by atoms with van der Waals surface area (Å²) in [4.78, 5) is 24.4. The van der Waals surface area contributed by atoms with Crippen LogP contribution >= 0.6 is 0 Å². The number of esters is 1. The van der Waals surface area contributed by atoms with Crippen LogP contribution in [0, 0.1) is 0 Å². The Morgan fingerprint density at radius 2 is 2.28 bits per heavy atom. The lowest BCUT2D eigenvalue weighted by molar-refractivity contribution is -0.140. The van der Waals surface area contributed by atoms with E-state index < -0.39 is 0 Å². The van der Waals surface area contributed by atoms with Crippen LogP contribution in [0.5, 0.6) is 0 Å². The molecule has 1 saturated heterocycles. The van der Waals surface area contributed by atoms with Crippen LogP contribution in [0.15, 0.2) is 0 Å². The van der Waals surface area contributed by atoms with Crippen molar-refractivity contribution in [3.8, 4) is 0 Å². The van der Waals surface area contributed by atoms with Gasteiger partial charge in [0.15, 0.2) is 0 Å². The van der Waals surface area contributed by atoms with Crippen LogP contribution in [0.3, 0.4) is 0 Å². The fourth-order valence-electron chi connectivity index (χ4n) is 2.00. The molecule has 104 valence electrons. The number of piperidine rings is 1. The number of ether oxygens (including phenoxy) is 1. The summed E-state index contributed by atoms with van der Waals surface area (Å²) in [5.74, 6) is -0.322. The Morgan fingerprint density at radius 3 is 2.94 bits per heavy atom. The summed E-state index contributed by atoms with van der Waals surface area (Å²) in [5.41, 5.74) is 0. The number of aliphatic hydroxyl groups excluding tert-OH is 1. The van der Waals surface area contributed by atoms with Crippen LogP contribution in [0.2, 0.25) is 0 Å². The zero-order valence-electron chi connectivity index (χ0n) is 10.9. The average Bonchev–Trinajstić information content (AvgIpc) is 2.34. The highest BCUT2D eigenvalue weighted by molar-refractivity contribution is 5.78. The van der Waals surface area contributed by atoms with Crippen molar-refractivity contribution >= 4 is 11.9 Å². The summed E-state index contributed by atoms with van der Waals surface area (Å²) >= 11 is 0. The third kappa shape index (κ3) is 5.97. The third-order valence-electron chi connectivity index (χ3n) is 2.96. The zero-order chi connectivity index (χ0) is 13.4. The number of nitrogens with zero attached hydrogens (tertiary/aromatic N) is 1. The molecule has 1 amide bonds. The number of likely N-dealkylation sites (tertiary alicyclic amines) is 1. The van der Waals surface area contributed by atoms with Gasteiger partial charge < -0.3 is 15.2 Å². The molecule has 1 aliphatic heterocycles. The Morgan fingerprint density at radius 1 is 1.50 bits per heavy atom.